The minimum atomic E-state index is -4.38. The first-order chi connectivity index (χ1) is 17.9. The van der Waals surface area contributed by atoms with Crippen molar-refractivity contribution >= 4 is 6.09 Å². The first-order valence-corrected chi connectivity index (χ1v) is 12.1. The molecule has 1 saturated heterocycles. The first-order valence-electron chi connectivity index (χ1n) is 12.1. The fraction of sp³-hybridized carbons (Fsp3) is 0.241. The number of ether oxygens (including phenoxy) is 1. The van der Waals surface area contributed by atoms with Gasteiger partial charge in [-0.3, -0.25) is 4.98 Å². The van der Waals surface area contributed by atoms with Crippen LogP contribution >= 0.6 is 0 Å². The molecule has 0 saturated carbocycles. The molecule has 4 aromatic rings. The minimum Gasteiger partial charge on any atom is -0.445 e. The van der Waals surface area contributed by atoms with Gasteiger partial charge in [-0.25, -0.2) is 4.79 Å². The van der Waals surface area contributed by atoms with Crippen LogP contribution in [0.3, 0.4) is 0 Å². The first kappa shape index (κ1) is 24.6. The van der Waals surface area contributed by atoms with Crippen molar-refractivity contribution < 1.29 is 22.7 Å². The molecule has 0 radical (unpaired) electrons. The van der Waals surface area contributed by atoms with Crippen LogP contribution in [-0.4, -0.2) is 34.1 Å². The summed E-state index contributed by atoms with van der Waals surface area (Å²) in [6.45, 7) is 1.37. The highest BCUT2D eigenvalue weighted by Gasteiger charge is 2.30. The number of rotatable bonds is 5. The molecule has 37 heavy (non-hydrogen) atoms. The van der Waals surface area contributed by atoms with E-state index in [0.29, 0.717) is 18.7 Å². The summed E-state index contributed by atoms with van der Waals surface area (Å²) >= 11 is 0. The zero-order valence-corrected chi connectivity index (χ0v) is 20.0. The number of likely N-dealkylation sites (tertiary alicyclic amines) is 1. The third kappa shape index (κ3) is 5.69. The Bertz CT molecular complexity index is 1330. The van der Waals surface area contributed by atoms with E-state index in [-0.39, 0.29) is 18.6 Å². The van der Waals surface area contributed by atoms with Crippen LogP contribution in [0.4, 0.5) is 18.0 Å². The third-order valence-electron chi connectivity index (χ3n) is 6.73. The number of carbonyl (C=O) groups excluding carboxylic acids is 1. The van der Waals surface area contributed by atoms with Crippen LogP contribution in [0.25, 0.3) is 22.4 Å². The van der Waals surface area contributed by atoms with Crippen molar-refractivity contribution in [3.8, 4) is 22.4 Å². The topological polar surface area (TPSA) is 58.2 Å². The van der Waals surface area contributed by atoms with E-state index >= 15 is 0 Å². The van der Waals surface area contributed by atoms with E-state index in [0.717, 1.165) is 53.1 Å². The largest absolute Gasteiger partial charge is 0.445 e. The second kappa shape index (κ2) is 10.5. The van der Waals surface area contributed by atoms with Crippen molar-refractivity contribution in [2.75, 3.05) is 13.1 Å². The van der Waals surface area contributed by atoms with Crippen LogP contribution in [-0.2, 0) is 17.5 Å². The molecule has 190 valence electrons. The molecular formula is C29H26F3N3O2. The molecule has 1 N–H and O–H groups in total. The van der Waals surface area contributed by atoms with E-state index < -0.39 is 11.7 Å². The summed E-state index contributed by atoms with van der Waals surface area (Å²) in [6, 6.07) is 20.6. The fourth-order valence-electron chi connectivity index (χ4n) is 4.69. The number of halogens is 3. The number of amides is 1. The molecule has 0 spiro atoms. The van der Waals surface area contributed by atoms with E-state index in [9.17, 15) is 18.0 Å². The summed E-state index contributed by atoms with van der Waals surface area (Å²) in [4.78, 5) is 21.9. The molecule has 8 heteroatoms. The fourth-order valence-corrected chi connectivity index (χ4v) is 4.69. The van der Waals surface area contributed by atoms with Gasteiger partial charge in [-0.2, -0.15) is 13.2 Å². The SMILES string of the molecule is O=C(OCc1ccccc1)N1CCC(c2cc(-c3ccc(C(F)(F)F)cc3)c(-c3ccncc3)[nH]2)CC1. The van der Waals surface area contributed by atoms with Crippen LogP contribution in [0.5, 0.6) is 0 Å². The van der Waals surface area contributed by atoms with Gasteiger partial charge < -0.3 is 14.6 Å². The van der Waals surface area contributed by atoms with Gasteiger partial charge in [-0.15, -0.1) is 0 Å². The van der Waals surface area contributed by atoms with Crippen molar-refractivity contribution in [2.45, 2.75) is 31.5 Å². The van der Waals surface area contributed by atoms with Crippen molar-refractivity contribution in [3.05, 3.63) is 102 Å². The Morgan fingerprint density at radius 2 is 1.62 bits per heavy atom. The van der Waals surface area contributed by atoms with Gasteiger partial charge in [0.25, 0.3) is 0 Å². The smallest absolute Gasteiger partial charge is 0.416 e. The monoisotopic (exact) mass is 505 g/mol. The number of H-pyrrole nitrogens is 1. The number of nitrogens with one attached hydrogen (secondary N) is 1. The molecule has 2 aromatic heterocycles. The summed E-state index contributed by atoms with van der Waals surface area (Å²) in [6.07, 6.45) is 0.174. The number of carbonyl (C=O) groups is 1. The van der Waals surface area contributed by atoms with Gasteiger partial charge in [-0.1, -0.05) is 42.5 Å². The maximum absolute atomic E-state index is 13.1. The Balaban J connectivity index is 1.32. The maximum Gasteiger partial charge on any atom is 0.416 e. The zero-order valence-electron chi connectivity index (χ0n) is 20.0. The van der Waals surface area contributed by atoms with E-state index in [1.807, 2.05) is 48.5 Å². The molecule has 0 aliphatic carbocycles. The van der Waals surface area contributed by atoms with Crippen molar-refractivity contribution in [3.63, 3.8) is 0 Å². The lowest BCUT2D eigenvalue weighted by atomic mass is 9.93. The number of benzene rings is 2. The third-order valence-corrected chi connectivity index (χ3v) is 6.73. The molecule has 0 atom stereocenters. The lowest BCUT2D eigenvalue weighted by molar-refractivity contribution is -0.137. The standard InChI is InChI=1S/C29H26F3N3O2/c30-29(31,32)24-8-6-21(7-9-24)25-18-26(34-27(25)23-10-14-33-15-11-23)22-12-16-35(17-13-22)28(36)37-19-20-4-2-1-3-5-20/h1-11,14-15,18,22,34H,12-13,16-17,19H2. The number of aromatic amines is 1. The Morgan fingerprint density at radius 1 is 0.946 bits per heavy atom. The highest BCUT2D eigenvalue weighted by atomic mass is 19.4. The lowest BCUT2D eigenvalue weighted by Crippen LogP contribution is -2.38. The van der Waals surface area contributed by atoms with E-state index in [2.05, 4.69) is 9.97 Å². The summed E-state index contributed by atoms with van der Waals surface area (Å²) < 4.78 is 44.7. The van der Waals surface area contributed by atoms with Gasteiger partial charge in [0.15, 0.2) is 0 Å². The Kier molecular flexibility index (Phi) is 6.99. The van der Waals surface area contributed by atoms with Crippen LogP contribution in [0.2, 0.25) is 0 Å². The molecule has 5 rings (SSSR count). The van der Waals surface area contributed by atoms with Gasteiger partial charge >= 0.3 is 12.3 Å². The molecule has 3 heterocycles. The molecule has 5 nitrogen and oxygen atoms in total. The molecule has 1 fully saturated rings. The quantitative estimate of drug-likeness (QED) is 0.310. The van der Waals surface area contributed by atoms with Gasteiger partial charge in [0.2, 0.25) is 0 Å². The van der Waals surface area contributed by atoms with Crippen molar-refractivity contribution in [1.82, 2.24) is 14.9 Å². The van der Waals surface area contributed by atoms with E-state index in [4.69, 9.17) is 4.74 Å². The van der Waals surface area contributed by atoms with Crippen LogP contribution in [0.15, 0.2) is 85.2 Å². The molecule has 2 aromatic carbocycles. The second-order valence-electron chi connectivity index (χ2n) is 9.13. The van der Waals surface area contributed by atoms with Gasteiger partial charge in [-0.05, 0) is 54.3 Å². The Hall–Kier alpha value is -4.07. The summed E-state index contributed by atoms with van der Waals surface area (Å²) in [5, 5.41) is 0. The number of hydrogen-bond donors (Lipinski definition) is 1. The molecule has 1 aliphatic rings. The highest BCUT2D eigenvalue weighted by Crippen LogP contribution is 2.38. The van der Waals surface area contributed by atoms with Crippen molar-refractivity contribution in [2.24, 2.45) is 0 Å². The van der Waals surface area contributed by atoms with Crippen LogP contribution in [0.1, 0.15) is 35.6 Å². The zero-order chi connectivity index (χ0) is 25.8. The Morgan fingerprint density at radius 3 is 2.27 bits per heavy atom. The number of hydrogen-bond acceptors (Lipinski definition) is 3. The Labute approximate surface area is 212 Å². The van der Waals surface area contributed by atoms with Crippen molar-refractivity contribution in [1.29, 1.82) is 0 Å². The lowest BCUT2D eigenvalue weighted by Gasteiger charge is -2.31. The molecule has 0 bridgehead atoms. The van der Waals surface area contributed by atoms with E-state index in [1.54, 1.807) is 17.3 Å². The average molecular weight is 506 g/mol. The molecule has 1 amide bonds. The number of aromatic nitrogens is 2. The summed E-state index contributed by atoms with van der Waals surface area (Å²) in [7, 11) is 0. The average Bonchev–Trinajstić information content (AvgIpc) is 3.38. The second-order valence-corrected chi connectivity index (χ2v) is 9.13. The highest BCUT2D eigenvalue weighted by molar-refractivity contribution is 5.82. The van der Waals surface area contributed by atoms with Gasteiger partial charge in [0, 0.05) is 48.2 Å². The minimum absolute atomic E-state index is 0.182. The van der Waals surface area contributed by atoms with Crippen LogP contribution in [0, 0.1) is 0 Å². The van der Waals surface area contributed by atoms with E-state index in [1.165, 1.54) is 12.1 Å². The molecular weight excluding hydrogens is 479 g/mol. The summed E-state index contributed by atoms with van der Waals surface area (Å²) in [5.74, 6) is 0.182. The predicted molar refractivity (Wildman–Crippen MR) is 135 cm³/mol. The normalized spacial score (nSPS) is 14.5. The number of pyridine rings is 1. The number of piperidine rings is 1. The molecule has 0 unspecified atom stereocenters. The number of nitrogens with zero attached hydrogens (tertiary/aromatic N) is 2. The molecule has 1 aliphatic heterocycles. The van der Waals surface area contributed by atoms with Crippen LogP contribution < -0.4 is 0 Å². The maximum atomic E-state index is 13.1. The predicted octanol–water partition coefficient (Wildman–Crippen LogP) is 7.28. The summed E-state index contributed by atoms with van der Waals surface area (Å²) in [5.41, 5.74) is 4.53. The van der Waals surface area contributed by atoms with Gasteiger partial charge in [0.05, 0.1) is 11.3 Å². The number of alkyl halides is 3. The van der Waals surface area contributed by atoms with Gasteiger partial charge in [0.1, 0.15) is 6.61 Å².